The number of ether oxygens (including phenoxy) is 1. The molecule has 0 aliphatic rings. The lowest BCUT2D eigenvalue weighted by Gasteiger charge is -2.20. The quantitative estimate of drug-likeness (QED) is 0.851. The number of hydrogen-bond acceptors (Lipinski definition) is 4. The highest BCUT2D eigenvalue weighted by molar-refractivity contribution is 5.96. The summed E-state index contributed by atoms with van der Waals surface area (Å²) in [6.45, 7) is 3.85. The van der Waals surface area contributed by atoms with Crippen molar-refractivity contribution in [3.05, 3.63) is 48.2 Å². The second-order valence-electron chi connectivity index (χ2n) is 5.79. The van der Waals surface area contributed by atoms with Gasteiger partial charge < -0.3 is 15.4 Å². The zero-order valence-corrected chi connectivity index (χ0v) is 14.0. The van der Waals surface area contributed by atoms with Crippen LogP contribution in [0.15, 0.2) is 42.6 Å². The predicted octanol–water partition coefficient (Wildman–Crippen LogP) is 2.31. The number of anilines is 1. The van der Waals surface area contributed by atoms with Crippen molar-refractivity contribution in [2.24, 2.45) is 13.0 Å². The molecule has 128 valence electrons. The summed E-state index contributed by atoms with van der Waals surface area (Å²) >= 11 is 0. The number of carbonyl (C=O) groups is 2. The normalized spacial score (nSPS) is 11.8. The first-order valence-corrected chi connectivity index (χ1v) is 7.73. The largest absolute Gasteiger partial charge is 0.445 e. The third kappa shape index (κ3) is 5.12. The topological polar surface area (TPSA) is 85.2 Å². The molecule has 0 spiro atoms. The molecule has 1 aromatic carbocycles. The Hall–Kier alpha value is -2.83. The predicted molar refractivity (Wildman–Crippen MR) is 90.2 cm³/mol. The van der Waals surface area contributed by atoms with E-state index in [2.05, 4.69) is 15.7 Å². The van der Waals surface area contributed by atoms with E-state index in [1.807, 2.05) is 44.2 Å². The molecular weight excluding hydrogens is 308 g/mol. The van der Waals surface area contributed by atoms with Crippen LogP contribution in [0.5, 0.6) is 0 Å². The molecule has 2 amide bonds. The van der Waals surface area contributed by atoms with E-state index in [4.69, 9.17) is 4.74 Å². The van der Waals surface area contributed by atoms with Crippen LogP contribution in [0.1, 0.15) is 19.4 Å². The van der Waals surface area contributed by atoms with Crippen molar-refractivity contribution in [1.29, 1.82) is 0 Å². The maximum absolute atomic E-state index is 12.3. The lowest BCUT2D eigenvalue weighted by molar-refractivity contribution is -0.119. The summed E-state index contributed by atoms with van der Waals surface area (Å²) in [5.41, 5.74) is 0.881. The van der Waals surface area contributed by atoms with E-state index in [0.717, 1.165) is 5.56 Å². The third-order valence-electron chi connectivity index (χ3n) is 3.40. The van der Waals surface area contributed by atoms with E-state index < -0.39 is 12.1 Å². The highest BCUT2D eigenvalue weighted by Crippen LogP contribution is 2.08. The van der Waals surface area contributed by atoms with Crippen molar-refractivity contribution < 1.29 is 14.3 Å². The highest BCUT2D eigenvalue weighted by Gasteiger charge is 2.25. The molecule has 0 radical (unpaired) electrons. The summed E-state index contributed by atoms with van der Waals surface area (Å²) < 4.78 is 6.75. The molecule has 0 unspecified atom stereocenters. The SMILES string of the molecule is CC(C)[C@H](NC(=O)OCc1ccccc1)C(=O)Nc1ccn(C)n1. The van der Waals surface area contributed by atoms with Gasteiger partial charge in [0.05, 0.1) is 0 Å². The number of nitrogens with zero attached hydrogens (tertiary/aromatic N) is 2. The molecule has 2 rings (SSSR count). The van der Waals surface area contributed by atoms with Crippen molar-refractivity contribution >= 4 is 17.8 Å². The van der Waals surface area contributed by atoms with Gasteiger partial charge in [-0.05, 0) is 11.5 Å². The van der Waals surface area contributed by atoms with Gasteiger partial charge in [-0.2, -0.15) is 5.10 Å². The Morgan fingerprint density at radius 2 is 1.92 bits per heavy atom. The van der Waals surface area contributed by atoms with Crippen LogP contribution in [-0.4, -0.2) is 27.8 Å². The average Bonchev–Trinajstić information content (AvgIpc) is 2.96. The second-order valence-corrected chi connectivity index (χ2v) is 5.79. The fraction of sp³-hybridized carbons (Fsp3) is 0.353. The van der Waals surface area contributed by atoms with Crippen LogP contribution in [0.25, 0.3) is 0 Å². The summed E-state index contributed by atoms with van der Waals surface area (Å²) in [7, 11) is 1.76. The van der Waals surface area contributed by atoms with Gasteiger partial charge in [0.1, 0.15) is 12.6 Å². The molecule has 7 heteroatoms. The molecule has 1 heterocycles. The van der Waals surface area contributed by atoms with E-state index in [1.165, 1.54) is 0 Å². The summed E-state index contributed by atoms with van der Waals surface area (Å²) in [5.74, 6) is 0.00551. The zero-order valence-electron chi connectivity index (χ0n) is 14.0. The Labute approximate surface area is 141 Å². The number of nitrogens with one attached hydrogen (secondary N) is 2. The van der Waals surface area contributed by atoms with Crippen LogP contribution in [-0.2, 0) is 23.2 Å². The molecule has 0 aliphatic carbocycles. The second kappa shape index (κ2) is 8.14. The first-order valence-electron chi connectivity index (χ1n) is 7.73. The minimum absolute atomic E-state index is 0.0991. The molecule has 2 aromatic rings. The van der Waals surface area contributed by atoms with Crippen LogP contribution >= 0.6 is 0 Å². The lowest BCUT2D eigenvalue weighted by Crippen LogP contribution is -2.47. The summed E-state index contributed by atoms with van der Waals surface area (Å²) in [6, 6.07) is 10.3. The number of amides is 2. The molecule has 1 atom stereocenters. The molecule has 1 aromatic heterocycles. The van der Waals surface area contributed by atoms with Crippen LogP contribution in [0.2, 0.25) is 0 Å². The lowest BCUT2D eigenvalue weighted by atomic mass is 10.0. The Morgan fingerprint density at radius 3 is 2.50 bits per heavy atom. The number of aromatic nitrogens is 2. The number of carbonyl (C=O) groups excluding carboxylic acids is 2. The Bertz CT molecular complexity index is 682. The van der Waals surface area contributed by atoms with E-state index >= 15 is 0 Å². The zero-order chi connectivity index (χ0) is 17.5. The van der Waals surface area contributed by atoms with Gasteiger partial charge in [0.25, 0.3) is 0 Å². The van der Waals surface area contributed by atoms with Gasteiger partial charge in [-0.15, -0.1) is 0 Å². The smallest absolute Gasteiger partial charge is 0.408 e. The molecule has 0 bridgehead atoms. The number of alkyl carbamates (subject to hydrolysis) is 1. The van der Waals surface area contributed by atoms with Crippen LogP contribution in [0.3, 0.4) is 0 Å². The van der Waals surface area contributed by atoms with Gasteiger partial charge in [-0.1, -0.05) is 44.2 Å². The van der Waals surface area contributed by atoms with Crippen molar-refractivity contribution in [2.75, 3.05) is 5.32 Å². The minimum Gasteiger partial charge on any atom is -0.445 e. The maximum atomic E-state index is 12.3. The highest BCUT2D eigenvalue weighted by atomic mass is 16.5. The maximum Gasteiger partial charge on any atom is 0.408 e. The Kier molecular flexibility index (Phi) is 5.95. The summed E-state index contributed by atoms with van der Waals surface area (Å²) in [6.07, 6.45) is 1.09. The number of hydrogen-bond donors (Lipinski definition) is 2. The van der Waals surface area contributed by atoms with Crippen LogP contribution in [0.4, 0.5) is 10.6 Å². The molecule has 0 saturated carbocycles. The minimum atomic E-state index is -0.713. The van der Waals surface area contributed by atoms with Gasteiger partial charge in [-0.25, -0.2) is 4.79 Å². The summed E-state index contributed by atoms with van der Waals surface area (Å²) in [4.78, 5) is 24.3. The molecule has 2 N–H and O–H groups in total. The first-order chi connectivity index (χ1) is 11.5. The Balaban J connectivity index is 1.89. The fourth-order valence-corrected chi connectivity index (χ4v) is 2.11. The number of benzene rings is 1. The standard InChI is InChI=1S/C17H22N4O3/c1-12(2)15(16(22)18-14-9-10-21(3)20-14)19-17(23)24-11-13-7-5-4-6-8-13/h4-10,12,15H,11H2,1-3H3,(H,19,23)(H,18,20,22)/t15-/m0/s1. The van der Waals surface area contributed by atoms with Gasteiger partial charge >= 0.3 is 6.09 Å². The third-order valence-corrected chi connectivity index (χ3v) is 3.40. The van der Waals surface area contributed by atoms with Crippen molar-refractivity contribution in [3.8, 4) is 0 Å². The Morgan fingerprint density at radius 1 is 1.21 bits per heavy atom. The van der Waals surface area contributed by atoms with E-state index in [-0.39, 0.29) is 18.4 Å². The van der Waals surface area contributed by atoms with Crippen molar-refractivity contribution in [3.63, 3.8) is 0 Å². The van der Waals surface area contributed by atoms with E-state index in [1.54, 1.807) is 24.0 Å². The molecule has 0 aliphatic heterocycles. The van der Waals surface area contributed by atoms with E-state index in [9.17, 15) is 9.59 Å². The number of aryl methyl sites for hydroxylation is 1. The van der Waals surface area contributed by atoms with Gasteiger partial charge in [0.2, 0.25) is 5.91 Å². The summed E-state index contributed by atoms with van der Waals surface area (Å²) in [5, 5.41) is 9.38. The van der Waals surface area contributed by atoms with Gasteiger partial charge in [0.15, 0.2) is 5.82 Å². The van der Waals surface area contributed by atoms with E-state index in [0.29, 0.717) is 5.82 Å². The molecule has 0 fully saturated rings. The fourth-order valence-electron chi connectivity index (χ4n) is 2.11. The van der Waals surface area contributed by atoms with Crippen LogP contribution < -0.4 is 10.6 Å². The molecule has 7 nitrogen and oxygen atoms in total. The van der Waals surface area contributed by atoms with Crippen molar-refractivity contribution in [2.45, 2.75) is 26.5 Å². The monoisotopic (exact) mass is 330 g/mol. The molecular formula is C17H22N4O3. The first kappa shape index (κ1) is 17.5. The van der Waals surface area contributed by atoms with Crippen LogP contribution in [0, 0.1) is 5.92 Å². The van der Waals surface area contributed by atoms with Gasteiger partial charge in [0, 0.05) is 19.3 Å². The van der Waals surface area contributed by atoms with Gasteiger partial charge in [-0.3, -0.25) is 9.48 Å². The molecule has 24 heavy (non-hydrogen) atoms. The average molecular weight is 330 g/mol. The molecule has 0 saturated heterocycles. The number of rotatable bonds is 6. The van der Waals surface area contributed by atoms with Crippen molar-refractivity contribution in [1.82, 2.24) is 15.1 Å².